The molecule has 0 saturated heterocycles. The number of benzene rings is 2. The molecule has 0 aliphatic heterocycles. The Morgan fingerprint density at radius 3 is 2.79 bits per heavy atom. The molecular weight excluding hydrogens is 358 g/mol. The van der Waals surface area contributed by atoms with E-state index >= 15 is 0 Å². The van der Waals surface area contributed by atoms with Crippen molar-refractivity contribution in [2.75, 3.05) is 0 Å². The molecule has 0 atom stereocenters. The number of nitrogens with one attached hydrogen (secondary N) is 2. The molecule has 2 N–H and O–H groups in total. The average Bonchev–Trinajstić information content (AvgIpc) is 3.17. The maximum absolute atomic E-state index is 12.0. The first-order chi connectivity index (χ1) is 13.7. The molecule has 0 spiro atoms. The molecule has 4 aromatic rings. The van der Waals surface area contributed by atoms with Gasteiger partial charge in [-0.15, -0.1) is 10.2 Å². The molecular formula is C19H15N7O2. The van der Waals surface area contributed by atoms with E-state index in [1.54, 1.807) is 6.07 Å². The number of fused-ring (bicyclic) bond motifs is 1. The molecule has 0 bridgehead atoms. The van der Waals surface area contributed by atoms with Gasteiger partial charge in [-0.3, -0.25) is 9.59 Å². The second-order valence-electron chi connectivity index (χ2n) is 5.94. The van der Waals surface area contributed by atoms with Crippen molar-refractivity contribution in [1.82, 2.24) is 30.6 Å². The molecule has 0 aliphatic rings. The van der Waals surface area contributed by atoms with Crippen molar-refractivity contribution < 1.29 is 4.79 Å². The molecule has 1 amide bonds. The van der Waals surface area contributed by atoms with E-state index in [2.05, 4.69) is 30.9 Å². The van der Waals surface area contributed by atoms with Crippen molar-refractivity contribution in [1.29, 1.82) is 0 Å². The summed E-state index contributed by atoms with van der Waals surface area (Å²) in [5.41, 5.74) is 3.94. The fraction of sp³-hybridized carbons (Fsp3) is 0.0526. The van der Waals surface area contributed by atoms with Crippen LogP contribution in [0.25, 0.3) is 22.3 Å². The minimum atomic E-state index is -0.439. The smallest absolute Gasteiger partial charge is 0.263 e. The van der Waals surface area contributed by atoms with E-state index in [-0.39, 0.29) is 12.1 Å². The van der Waals surface area contributed by atoms with Crippen molar-refractivity contribution in [3.05, 3.63) is 76.6 Å². The first-order valence-corrected chi connectivity index (χ1v) is 8.46. The molecule has 4 rings (SSSR count). The van der Waals surface area contributed by atoms with Gasteiger partial charge in [-0.05, 0) is 22.7 Å². The van der Waals surface area contributed by atoms with Gasteiger partial charge in [0, 0.05) is 11.1 Å². The molecule has 9 nitrogen and oxygen atoms in total. The highest BCUT2D eigenvalue weighted by Gasteiger charge is 2.08. The van der Waals surface area contributed by atoms with Crippen molar-refractivity contribution in [2.24, 2.45) is 5.10 Å². The second kappa shape index (κ2) is 7.62. The van der Waals surface area contributed by atoms with E-state index in [1.165, 1.54) is 11.0 Å². The molecule has 9 heteroatoms. The molecule has 28 heavy (non-hydrogen) atoms. The number of hydrogen-bond acceptors (Lipinski definition) is 6. The van der Waals surface area contributed by atoms with Crippen LogP contribution in [0, 0.1) is 0 Å². The first-order valence-electron chi connectivity index (χ1n) is 8.46. The van der Waals surface area contributed by atoms with Crippen LogP contribution < -0.4 is 11.0 Å². The summed E-state index contributed by atoms with van der Waals surface area (Å²) >= 11 is 0. The maximum Gasteiger partial charge on any atom is 0.263 e. The van der Waals surface area contributed by atoms with E-state index < -0.39 is 5.91 Å². The lowest BCUT2D eigenvalue weighted by molar-refractivity contribution is -0.122. The van der Waals surface area contributed by atoms with Gasteiger partial charge in [0.2, 0.25) is 5.82 Å². The number of tetrazole rings is 1. The summed E-state index contributed by atoms with van der Waals surface area (Å²) in [5, 5.41) is 16.6. The lowest BCUT2D eigenvalue weighted by Crippen LogP contribution is -2.25. The second-order valence-corrected chi connectivity index (χ2v) is 5.94. The van der Waals surface area contributed by atoms with Gasteiger partial charge < -0.3 is 4.98 Å². The summed E-state index contributed by atoms with van der Waals surface area (Å²) in [6, 6.07) is 18.4. The number of H-pyrrole nitrogens is 1. The summed E-state index contributed by atoms with van der Waals surface area (Å²) in [6.07, 6.45) is 1.30. The molecule has 2 aromatic carbocycles. The Bertz CT molecular complexity index is 1210. The van der Waals surface area contributed by atoms with Crippen LogP contribution >= 0.6 is 0 Å². The number of hydrogen-bond donors (Lipinski definition) is 2. The number of para-hydroxylation sites is 1. The first kappa shape index (κ1) is 17.3. The van der Waals surface area contributed by atoms with Gasteiger partial charge in [0.15, 0.2) is 0 Å². The normalized spacial score (nSPS) is 11.1. The molecule has 138 valence electrons. The van der Waals surface area contributed by atoms with E-state index in [0.29, 0.717) is 11.4 Å². The third kappa shape index (κ3) is 3.83. The largest absolute Gasteiger partial charge is 0.321 e. The Balaban J connectivity index is 1.40. The van der Waals surface area contributed by atoms with Gasteiger partial charge in [0.25, 0.3) is 11.5 Å². The van der Waals surface area contributed by atoms with E-state index in [4.69, 9.17) is 0 Å². The van der Waals surface area contributed by atoms with Crippen LogP contribution in [0.4, 0.5) is 0 Å². The van der Waals surface area contributed by atoms with E-state index in [9.17, 15) is 9.59 Å². The summed E-state index contributed by atoms with van der Waals surface area (Å²) < 4.78 is 0. The van der Waals surface area contributed by atoms with Gasteiger partial charge in [-0.1, -0.05) is 48.5 Å². The summed E-state index contributed by atoms with van der Waals surface area (Å²) in [7, 11) is 0. The SMILES string of the molecule is O=C(Cn1nnc(-c2ccccc2)n1)N/N=C/c1cc2ccccc2[nH]c1=O. The van der Waals surface area contributed by atoms with Gasteiger partial charge in [0.05, 0.1) is 11.8 Å². The minimum absolute atomic E-state index is 0.148. The van der Waals surface area contributed by atoms with E-state index in [1.807, 2.05) is 54.6 Å². The Hall–Kier alpha value is -4.14. The molecule has 2 aromatic heterocycles. The third-order valence-electron chi connectivity index (χ3n) is 3.94. The fourth-order valence-corrected chi connectivity index (χ4v) is 2.61. The molecule has 0 saturated carbocycles. The highest BCUT2D eigenvalue weighted by Crippen LogP contribution is 2.11. The zero-order chi connectivity index (χ0) is 19.3. The molecule has 2 heterocycles. The van der Waals surface area contributed by atoms with Gasteiger partial charge in [0.1, 0.15) is 6.54 Å². The summed E-state index contributed by atoms with van der Waals surface area (Å²) in [5.74, 6) is -0.00919. The summed E-state index contributed by atoms with van der Waals surface area (Å²) in [4.78, 5) is 28.0. The third-order valence-corrected chi connectivity index (χ3v) is 3.94. The van der Waals surface area contributed by atoms with Gasteiger partial charge in [-0.2, -0.15) is 9.90 Å². The Morgan fingerprint density at radius 1 is 1.14 bits per heavy atom. The van der Waals surface area contributed by atoms with Gasteiger partial charge in [-0.25, -0.2) is 5.43 Å². The Kier molecular flexibility index (Phi) is 4.70. The number of aromatic nitrogens is 5. The number of pyridine rings is 1. The van der Waals surface area contributed by atoms with Crippen LogP contribution in [-0.4, -0.2) is 37.3 Å². The highest BCUT2D eigenvalue weighted by atomic mass is 16.2. The van der Waals surface area contributed by atoms with Crippen LogP contribution in [0.3, 0.4) is 0 Å². The number of amides is 1. The number of aromatic amines is 1. The highest BCUT2D eigenvalue weighted by molar-refractivity contribution is 5.88. The van der Waals surface area contributed by atoms with Crippen LogP contribution in [0.15, 0.2) is 70.6 Å². The number of hydrazone groups is 1. The topological polar surface area (TPSA) is 118 Å². The van der Waals surface area contributed by atoms with Crippen molar-refractivity contribution in [2.45, 2.75) is 6.54 Å². The average molecular weight is 373 g/mol. The van der Waals surface area contributed by atoms with Crippen molar-refractivity contribution in [3.8, 4) is 11.4 Å². The predicted molar refractivity (Wildman–Crippen MR) is 104 cm³/mol. The monoisotopic (exact) mass is 373 g/mol. The van der Waals surface area contributed by atoms with E-state index in [0.717, 1.165) is 16.5 Å². The quantitative estimate of drug-likeness (QED) is 0.404. The standard InChI is InChI=1S/C19H15N7O2/c27-17(12-26-24-18(23-25-26)13-6-2-1-3-7-13)22-20-11-15-10-14-8-4-5-9-16(14)21-19(15)28/h1-11H,12H2,(H,21,28)(H,22,27)/b20-11+. The molecule has 0 aliphatic carbocycles. The minimum Gasteiger partial charge on any atom is -0.321 e. The Morgan fingerprint density at radius 2 is 1.93 bits per heavy atom. The van der Waals surface area contributed by atoms with Gasteiger partial charge >= 0.3 is 0 Å². The van der Waals surface area contributed by atoms with Crippen molar-refractivity contribution in [3.63, 3.8) is 0 Å². The maximum atomic E-state index is 12.0. The number of carbonyl (C=O) groups excluding carboxylic acids is 1. The van der Waals surface area contributed by atoms with Crippen LogP contribution in [0.5, 0.6) is 0 Å². The molecule has 0 radical (unpaired) electrons. The number of carbonyl (C=O) groups is 1. The van der Waals surface area contributed by atoms with Crippen molar-refractivity contribution >= 4 is 23.0 Å². The fourth-order valence-electron chi connectivity index (χ4n) is 2.61. The lowest BCUT2D eigenvalue weighted by atomic mass is 10.2. The lowest BCUT2D eigenvalue weighted by Gasteiger charge is -2.00. The van der Waals surface area contributed by atoms with Crippen LogP contribution in [0.2, 0.25) is 0 Å². The number of nitrogens with zero attached hydrogens (tertiary/aromatic N) is 5. The Labute approximate surface area is 158 Å². The zero-order valence-electron chi connectivity index (χ0n) is 14.6. The zero-order valence-corrected chi connectivity index (χ0v) is 14.6. The molecule has 0 fully saturated rings. The number of rotatable bonds is 5. The van der Waals surface area contributed by atoms with Crippen LogP contribution in [0.1, 0.15) is 5.56 Å². The van der Waals surface area contributed by atoms with Crippen LogP contribution in [-0.2, 0) is 11.3 Å². The predicted octanol–water partition coefficient (Wildman–Crippen LogP) is 1.33. The summed E-state index contributed by atoms with van der Waals surface area (Å²) in [6.45, 7) is -0.148. The molecule has 0 unspecified atom stereocenters.